The molecular formula is C19H20N4O3. The highest BCUT2D eigenvalue weighted by atomic mass is 16.4. The van der Waals surface area contributed by atoms with Crippen molar-refractivity contribution in [2.75, 3.05) is 31.1 Å². The molecule has 3 aromatic rings. The van der Waals surface area contributed by atoms with Gasteiger partial charge in [-0.05, 0) is 12.5 Å². The summed E-state index contributed by atoms with van der Waals surface area (Å²) in [6.45, 7) is 5.90. The lowest BCUT2D eigenvalue weighted by Crippen LogP contribution is -2.46. The summed E-state index contributed by atoms with van der Waals surface area (Å²) < 4.78 is 5.52. The average Bonchev–Trinajstić information content (AvgIpc) is 2.99. The minimum atomic E-state index is -1.01. The van der Waals surface area contributed by atoms with Gasteiger partial charge in [0.25, 0.3) is 0 Å². The number of benzene rings is 1. The van der Waals surface area contributed by atoms with Crippen LogP contribution in [-0.2, 0) is 6.54 Å². The second-order valence-electron chi connectivity index (χ2n) is 6.46. The summed E-state index contributed by atoms with van der Waals surface area (Å²) in [5.41, 5.74) is 1.78. The van der Waals surface area contributed by atoms with Crippen molar-refractivity contribution >= 4 is 22.9 Å². The number of nitrogens with zero attached hydrogens (tertiary/aromatic N) is 4. The molecule has 0 saturated carbocycles. The molecule has 1 saturated heterocycles. The van der Waals surface area contributed by atoms with Gasteiger partial charge in [-0.1, -0.05) is 30.3 Å². The first kappa shape index (κ1) is 16.5. The van der Waals surface area contributed by atoms with Crippen LogP contribution >= 0.6 is 0 Å². The van der Waals surface area contributed by atoms with Crippen LogP contribution in [0.1, 0.15) is 21.7 Å². The van der Waals surface area contributed by atoms with Crippen LogP contribution in [0.3, 0.4) is 0 Å². The zero-order chi connectivity index (χ0) is 18.1. The third kappa shape index (κ3) is 3.01. The lowest BCUT2D eigenvalue weighted by molar-refractivity contribution is 0.0697. The number of fused-ring (bicyclic) bond motifs is 1. The molecule has 4 rings (SSSR count). The number of anilines is 1. The van der Waals surface area contributed by atoms with Gasteiger partial charge in [-0.2, -0.15) is 0 Å². The van der Waals surface area contributed by atoms with Crippen LogP contribution < -0.4 is 4.90 Å². The molecule has 7 nitrogen and oxygen atoms in total. The van der Waals surface area contributed by atoms with Crippen LogP contribution in [0.5, 0.6) is 0 Å². The third-order valence-corrected chi connectivity index (χ3v) is 4.78. The predicted molar refractivity (Wildman–Crippen MR) is 97.4 cm³/mol. The van der Waals surface area contributed by atoms with Gasteiger partial charge in [0.05, 0.1) is 5.39 Å². The van der Waals surface area contributed by atoms with Crippen molar-refractivity contribution in [3.8, 4) is 0 Å². The van der Waals surface area contributed by atoms with Crippen molar-refractivity contribution in [2.45, 2.75) is 13.5 Å². The van der Waals surface area contributed by atoms with E-state index >= 15 is 0 Å². The standard InChI is InChI=1S/C19H20N4O3/c1-13-15(19(24)25)16-17(20-12-21-18(16)26-13)23-9-7-22(8-10-23)11-14-5-3-2-4-6-14/h2-6,12H,7-11H2,1H3,(H,24,25). The second-order valence-corrected chi connectivity index (χ2v) is 6.46. The topological polar surface area (TPSA) is 82.7 Å². The van der Waals surface area contributed by atoms with Crippen molar-refractivity contribution in [3.63, 3.8) is 0 Å². The van der Waals surface area contributed by atoms with Crippen molar-refractivity contribution in [1.82, 2.24) is 14.9 Å². The molecule has 134 valence electrons. The first-order chi connectivity index (χ1) is 12.6. The lowest BCUT2D eigenvalue weighted by Gasteiger charge is -2.35. The van der Waals surface area contributed by atoms with Crippen LogP contribution in [0, 0.1) is 6.92 Å². The van der Waals surface area contributed by atoms with E-state index in [0.717, 1.165) is 32.7 Å². The summed E-state index contributed by atoms with van der Waals surface area (Å²) in [4.78, 5) is 24.6. The number of aromatic nitrogens is 2. The Morgan fingerprint density at radius 2 is 1.88 bits per heavy atom. The molecule has 1 N–H and O–H groups in total. The molecule has 0 atom stereocenters. The van der Waals surface area contributed by atoms with Gasteiger partial charge in [0.15, 0.2) is 0 Å². The zero-order valence-corrected chi connectivity index (χ0v) is 14.6. The minimum Gasteiger partial charge on any atom is -0.478 e. The maximum atomic E-state index is 11.6. The molecule has 1 aromatic carbocycles. The molecule has 0 amide bonds. The summed E-state index contributed by atoms with van der Waals surface area (Å²) in [6, 6.07) is 10.4. The number of carbonyl (C=O) groups is 1. The lowest BCUT2D eigenvalue weighted by atomic mass is 10.1. The normalized spacial score (nSPS) is 15.5. The first-order valence-corrected chi connectivity index (χ1v) is 8.62. The Kier molecular flexibility index (Phi) is 4.30. The number of carboxylic acid groups (broad SMARTS) is 1. The molecule has 3 heterocycles. The van der Waals surface area contributed by atoms with E-state index in [-0.39, 0.29) is 5.56 Å². The molecule has 0 radical (unpaired) electrons. The Labute approximate surface area is 150 Å². The third-order valence-electron chi connectivity index (χ3n) is 4.78. The van der Waals surface area contributed by atoms with Gasteiger partial charge in [-0.3, -0.25) is 4.90 Å². The number of rotatable bonds is 4. The summed E-state index contributed by atoms with van der Waals surface area (Å²) in [6.07, 6.45) is 1.43. The Morgan fingerprint density at radius 1 is 1.15 bits per heavy atom. The number of hydrogen-bond donors (Lipinski definition) is 1. The van der Waals surface area contributed by atoms with Crippen LogP contribution in [0.2, 0.25) is 0 Å². The molecule has 7 heteroatoms. The molecule has 1 aliphatic rings. The minimum absolute atomic E-state index is 0.155. The number of furan rings is 1. The fourth-order valence-corrected chi connectivity index (χ4v) is 3.49. The smallest absolute Gasteiger partial charge is 0.340 e. The largest absolute Gasteiger partial charge is 0.478 e. The monoisotopic (exact) mass is 352 g/mol. The van der Waals surface area contributed by atoms with E-state index in [1.807, 2.05) is 6.07 Å². The quantitative estimate of drug-likeness (QED) is 0.772. The van der Waals surface area contributed by atoms with Crippen molar-refractivity contribution in [1.29, 1.82) is 0 Å². The van der Waals surface area contributed by atoms with Crippen LogP contribution in [0.15, 0.2) is 41.1 Å². The highest BCUT2D eigenvalue weighted by molar-refractivity contribution is 6.07. The highest BCUT2D eigenvalue weighted by Gasteiger charge is 2.26. The van der Waals surface area contributed by atoms with Gasteiger partial charge in [0, 0.05) is 32.7 Å². The molecule has 0 bridgehead atoms. The molecule has 1 fully saturated rings. The van der Waals surface area contributed by atoms with Crippen molar-refractivity contribution in [2.24, 2.45) is 0 Å². The summed E-state index contributed by atoms with van der Waals surface area (Å²) in [5.74, 6) is -0.0133. The van der Waals surface area contributed by atoms with Crippen molar-refractivity contribution in [3.05, 3.63) is 53.5 Å². The van der Waals surface area contributed by atoms with Gasteiger partial charge in [-0.15, -0.1) is 0 Å². The molecule has 2 aromatic heterocycles. The summed E-state index contributed by atoms with van der Waals surface area (Å²) in [5, 5.41) is 10.0. The number of piperazine rings is 1. The molecule has 0 spiro atoms. The molecule has 1 aliphatic heterocycles. The van der Waals surface area contributed by atoms with Crippen LogP contribution in [0.25, 0.3) is 11.1 Å². The number of carboxylic acids is 1. The van der Waals surface area contributed by atoms with Crippen LogP contribution in [-0.4, -0.2) is 52.1 Å². The van der Waals surface area contributed by atoms with Gasteiger partial charge in [0.1, 0.15) is 23.5 Å². The fourth-order valence-electron chi connectivity index (χ4n) is 3.49. The van der Waals surface area contributed by atoms with E-state index in [4.69, 9.17) is 4.42 Å². The number of aromatic carboxylic acids is 1. The van der Waals surface area contributed by atoms with Gasteiger partial charge in [-0.25, -0.2) is 14.8 Å². The Morgan fingerprint density at radius 3 is 2.58 bits per heavy atom. The maximum Gasteiger partial charge on any atom is 0.340 e. The Balaban J connectivity index is 1.55. The van der Waals surface area contributed by atoms with Crippen LogP contribution in [0.4, 0.5) is 5.82 Å². The Hall–Kier alpha value is -2.93. The fraction of sp³-hybridized carbons (Fsp3) is 0.316. The van der Waals surface area contributed by atoms with E-state index in [1.54, 1.807) is 6.92 Å². The maximum absolute atomic E-state index is 11.6. The average molecular weight is 352 g/mol. The van der Waals surface area contributed by atoms with E-state index in [1.165, 1.54) is 11.9 Å². The molecular weight excluding hydrogens is 332 g/mol. The molecule has 0 aliphatic carbocycles. The van der Waals surface area contributed by atoms with Gasteiger partial charge in [0.2, 0.25) is 5.71 Å². The zero-order valence-electron chi connectivity index (χ0n) is 14.6. The summed E-state index contributed by atoms with van der Waals surface area (Å²) >= 11 is 0. The van der Waals surface area contributed by atoms with Crippen molar-refractivity contribution < 1.29 is 14.3 Å². The second kappa shape index (κ2) is 6.76. The van der Waals surface area contributed by atoms with Gasteiger partial charge < -0.3 is 14.4 Å². The summed E-state index contributed by atoms with van der Waals surface area (Å²) in [7, 11) is 0. The predicted octanol–water partition coefficient (Wildman–Crippen LogP) is 2.55. The van der Waals surface area contributed by atoms with E-state index in [0.29, 0.717) is 22.7 Å². The number of hydrogen-bond acceptors (Lipinski definition) is 6. The van der Waals surface area contributed by atoms with E-state index < -0.39 is 5.97 Å². The Bertz CT molecular complexity index is 931. The number of aryl methyl sites for hydroxylation is 1. The molecule has 26 heavy (non-hydrogen) atoms. The van der Waals surface area contributed by atoms with E-state index in [2.05, 4.69) is 44.0 Å². The first-order valence-electron chi connectivity index (χ1n) is 8.62. The van der Waals surface area contributed by atoms with E-state index in [9.17, 15) is 9.90 Å². The molecule has 0 unspecified atom stereocenters. The highest BCUT2D eigenvalue weighted by Crippen LogP contribution is 2.31. The van der Waals surface area contributed by atoms with Gasteiger partial charge >= 0.3 is 5.97 Å². The SMILES string of the molecule is Cc1oc2ncnc(N3CCN(Cc4ccccc4)CC3)c2c1C(=O)O.